The summed E-state index contributed by atoms with van der Waals surface area (Å²) in [6, 6.07) is 9.01. The van der Waals surface area contributed by atoms with Crippen LogP contribution in [-0.2, 0) is 0 Å². The molecule has 4 N–H and O–H groups in total. The van der Waals surface area contributed by atoms with E-state index < -0.39 is 34.3 Å². The van der Waals surface area contributed by atoms with Crippen LogP contribution in [0.3, 0.4) is 0 Å². The molecule has 9 heteroatoms. The number of aromatic carboxylic acids is 1. The Balaban J connectivity index is 1.84. The highest BCUT2D eigenvalue weighted by molar-refractivity contribution is 5.97. The second kappa shape index (κ2) is 8.39. The zero-order valence-electron chi connectivity index (χ0n) is 17.2. The highest BCUT2D eigenvalue weighted by Crippen LogP contribution is 2.26. The van der Waals surface area contributed by atoms with Gasteiger partial charge in [0.2, 0.25) is 0 Å². The Bertz CT molecular complexity index is 1190. The number of aromatic nitrogens is 1. The third-order valence-corrected chi connectivity index (χ3v) is 4.64. The van der Waals surface area contributed by atoms with Crippen molar-refractivity contribution in [2.75, 3.05) is 10.6 Å². The number of carboxylic acids is 1. The standard InChI is InChI=1S/C22H22N4O5/c1-22(2,3)21(26-19(29)12-6-4-7-13(10-12)20(30)31)25-16-15(17(27)18(16)28)24-14-8-5-9-23-11-14/h4-11,21,24-25H,1-3H3,(H,26,29)(H,30,31). The molecule has 1 aromatic heterocycles. The molecule has 3 rings (SSSR count). The lowest BCUT2D eigenvalue weighted by Crippen LogP contribution is -2.51. The molecule has 0 spiro atoms. The zero-order chi connectivity index (χ0) is 22.8. The molecule has 0 aliphatic rings. The number of anilines is 3. The molecule has 0 radical (unpaired) electrons. The molecule has 2 aromatic carbocycles. The maximum absolute atomic E-state index is 12.7. The maximum atomic E-state index is 12.7. The molecule has 0 saturated heterocycles. The van der Waals surface area contributed by atoms with E-state index in [9.17, 15) is 19.2 Å². The Morgan fingerprint density at radius 1 is 1.00 bits per heavy atom. The van der Waals surface area contributed by atoms with Crippen LogP contribution in [0.5, 0.6) is 0 Å². The van der Waals surface area contributed by atoms with Gasteiger partial charge in [-0.3, -0.25) is 19.4 Å². The summed E-state index contributed by atoms with van der Waals surface area (Å²) >= 11 is 0. The van der Waals surface area contributed by atoms with E-state index in [1.165, 1.54) is 30.5 Å². The molecule has 0 aliphatic carbocycles. The van der Waals surface area contributed by atoms with Crippen molar-refractivity contribution in [1.82, 2.24) is 10.3 Å². The Labute approximate surface area is 177 Å². The minimum atomic E-state index is -1.14. The first kappa shape index (κ1) is 21.7. The van der Waals surface area contributed by atoms with E-state index in [4.69, 9.17) is 5.11 Å². The van der Waals surface area contributed by atoms with Gasteiger partial charge in [0.1, 0.15) is 17.5 Å². The molecule has 0 fully saturated rings. The molecule has 0 bridgehead atoms. The SMILES string of the molecule is CC(C)(C)C(NC(=O)c1cccc(C(=O)O)c1)Nc1c(Nc2cccnc2)c(=O)c1=O. The molecule has 0 saturated carbocycles. The zero-order valence-corrected chi connectivity index (χ0v) is 17.2. The van der Waals surface area contributed by atoms with Crippen LogP contribution < -0.4 is 26.8 Å². The second-order valence-electron chi connectivity index (χ2n) is 8.08. The first-order chi connectivity index (χ1) is 14.6. The smallest absolute Gasteiger partial charge is 0.335 e. The van der Waals surface area contributed by atoms with Crippen LogP contribution in [0.25, 0.3) is 0 Å². The summed E-state index contributed by atoms with van der Waals surface area (Å²) in [7, 11) is 0. The van der Waals surface area contributed by atoms with E-state index in [2.05, 4.69) is 20.9 Å². The van der Waals surface area contributed by atoms with Crippen LogP contribution in [0.15, 0.2) is 58.4 Å². The van der Waals surface area contributed by atoms with Gasteiger partial charge >= 0.3 is 5.97 Å². The van der Waals surface area contributed by atoms with Gasteiger partial charge in [-0.1, -0.05) is 26.8 Å². The molecule has 1 unspecified atom stereocenters. The fourth-order valence-corrected chi connectivity index (χ4v) is 2.85. The summed E-state index contributed by atoms with van der Waals surface area (Å²) in [5.74, 6) is -1.66. The van der Waals surface area contributed by atoms with Crippen molar-refractivity contribution in [3.05, 3.63) is 80.4 Å². The van der Waals surface area contributed by atoms with Gasteiger partial charge in [-0.25, -0.2) is 4.79 Å². The lowest BCUT2D eigenvalue weighted by Gasteiger charge is -2.33. The van der Waals surface area contributed by atoms with E-state index in [1.807, 2.05) is 20.8 Å². The number of rotatable bonds is 7. The van der Waals surface area contributed by atoms with Gasteiger partial charge in [0, 0.05) is 17.2 Å². The summed E-state index contributed by atoms with van der Waals surface area (Å²) in [6.07, 6.45) is 2.36. The molecule has 31 heavy (non-hydrogen) atoms. The number of pyridine rings is 1. The normalized spacial score (nSPS) is 12.2. The molecule has 1 atom stereocenters. The molecular weight excluding hydrogens is 400 g/mol. The first-order valence-electron chi connectivity index (χ1n) is 9.49. The van der Waals surface area contributed by atoms with Crippen molar-refractivity contribution >= 4 is 28.9 Å². The number of hydrogen-bond donors (Lipinski definition) is 4. The third kappa shape index (κ3) is 4.77. The van der Waals surface area contributed by atoms with Crippen molar-refractivity contribution in [3.8, 4) is 0 Å². The molecule has 1 heterocycles. The van der Waals surface area contributed by atoms with Crippen molar-refractivity contribution in [2.24, 2.45) is 5.41 Å². The Kier molecular flexibility index (Phi) is 5.87. The summed E-state index contributed by atoms with van der Waals surface area (Å²) < 4.78 is 0. The highest BCUT2D eigenvalue weighted by Gasteiger charge is 2.31. The fraction of sp³-hybridized carbons (Fsp3) is 0.227. The van der Waals surface area contributed by atoms with E-state index in [1.54, 1.807) is 18.3 Å². The van der Waals surface area contributed by atoms with Crippen LogP contribution in [0.2, 0.25) is 0 Å². The average Bonchev–Trinajstić information content (AvgIpc) is 2.74. The topological polar surface area (TPSA) is 137 Å². The predicted molar refractivity (Wildman–Crippen MR) is 117 cm³/mol. The lowest BCUT2D eigenvalue weighted by atomic mass is 9.91. The van der Waals surface area contributed by atoms with E-state index in [0.29, 0.717) is 5.69 Å². The monoisotopic (exact) mass is 422 g/mol. The van der Waals surface area contributed by atoms with Gasteiger partial charge in [0.25, 0.3) is 16.8 Å². The lowest BCUT2D eigenvalue weighted by molar-refractivity contribution is 0.0697. The van der Waals surface area contributed by atoms with Gasteiger partial charge in [0.05, 0.1) is 17.4 Å². The van der Waals surface area contributed by atoms with Crippen molar-refractivity contribution in [2.45, 2.75) is 26.9 Å². The molecule has 3 aromatic rings. The predicted octanol–water partition coefficient (Wildman–Crippen LogP) is 2.33. The number of benzene rings is 1. The molecule has 1 amide bonds. The van der Waals surface area contributed by atoms with E-state index in [0.717, 1.165) is 0 Å². The van der Waals surface area contributed by atoms with Crippen LogP contribution in [-0.4, -0.2) is 28.1 Å². The van der Waals surface area contributed by atoms with Gasteiger partial charge in [0.15, 0.2) is 0 Å². The Morgan fingerprint density at radius 2 is 1.68 bits per heavy atom. The number of amides is 1. The van der Waals surface area contributed by atoms with E-state index in [-0.39, 0.29) is 22.5 Å². The summed E-state index contributed by atoms with van der Waals surface area (Å²) in [4.78, 5) is 52.2. The number of carbonyl (C=O) groups is 2. The number of nitrogens with one attached hydrogen (secondary N) is 3. The summed E-state index contributed by atoms with van der Waals surface area (Å²) in [5, 5.41) is 17.7. The minimum absolute atomic E-state index is 0.0154. The Hall–Kier alpha value is -4.01. The number of hydrogen-bond acceptors (Lipinski definition) is 7. The van der Waals surface area contributed by atoms with Gasteiger partial charge in [-0.15, -0.1) is 0 Å². The summed E-state index contributed by atoms with van der Waals surface area (Å²) in [6.45, 7) is 5.54. The molecule has 9 nitrogen and oxygen atoms in total. The van der Waals surface area contributed by atoms with Crippen LogP contribution in [0.1, 0.15) is 41.5 Å². The first-order valence-corrected chi connectivity index (χ1v) is 9.49. The largest absolute Gasteiger partial charge is 0.478 e. The van der Waals surface area contributed by atoms with Crippen LogP contribution >= 0.6 is 0 Å². The van der Waals surface area contributed by atoms with Gasteiger partial charge < -0.3 is 21.1 Å². The van der Waals surface area contributed by atoms with Gasteiger partial charge in [-0.2, -0.15) is 0 Å². The highest BCUT2D eigenvalue weighted by atomic mass is 16.4. The van der Waals surface area contributed by atoms with E-state index >= 15 is 0 Å². The van der Waals surface area contributed by atoms with Gasteiger partial charge in [-0.05, 0) is 30.3 Å². The molecule has 160 valence electrons. The number of carbonyl (C=O) groups excluding carboxylic acids is 1. The van der Waals surface area contributed by atoms with Crippen molar-refractivity contribution in [3.63, 3.8) is 0 Å². The third-order valence-electron chi connectivity index (χ3n) is 4.64. The van der Waals surface area contributed by atoms with Crippen LogP contribution in [0, 0.1) is 5.41 Å². The number of nitrogens with zero attached hydrogens (tertiary/aromatic N) is 1. The minimum Gasteiger partial charge on any atom is -0.478 e. The quantitative estimate of drug-likeness (QED) is 0.336. The summed E-state index contributed by atoms with van der Waals surface area (Å²) in [5.41, 5.74) is -1.07. The molecular formula is C22H22N4O5. The maximum Gasteiger partial charge on any atom is 0.335 e. The molecule has 0 aliphatic heterocycles. The second-order valence-corrected chi connectivity index (χ2v) is 8.08. The fourth-order valence-electron chi connectivity index (χ4n) is 2.85. The number of carboxylic acid groups (broad SMARTS) is 1. The van der Waals surface area contributed by atoms with Crippen molar-refractivity contribution in [1.29, 1.82) is 0 Å². The Morgan fingerprint density at radius 3 is 2.29 bits per heavy atom. The van der Waals surface area contributed by atoms with Crippen LogP contribution in [0.4, 0.5) is 17.1 Å². The van der Waals surface area contributed by atoms with Crippen molar-refractivity contribution < 1.29 is 14.7 Å². The average molecular weight is 422 g/mol.